The maximum atomic E-state index is 2.43. The van der Waals surface area contributed by atoms with Crippen molar-refractivity contribution in [2.75, 3.05) is 0 Å². The van der Waals surface area contributed by atoms with E-state index in [0.29, 0.717) is 0 Å². The average molecular weight is 549 g/mol. The molecule has 0 fully saturated rings. The van der Waals surface area contributed by atoms with Crippen molar-refractivity contribution in [2.45, 2.75) is 0 Å². The lowest BCUT2D eigenvalue weighted by Gasteiger charge is -2.35. The third-order valence-corrected chi connectivity index (χ3v) is 15.7. The lowest BCUT2D eigenvalue weighted by molar-refractivity contribution is 1.70. The van der Waals surface area contributed by atoms with Gasteiger partial charge in [0.2, 0.25) is 0 Å². The molecule has 0 aliphatic carbocycles. The highest BCUT2D eigenvalue weighted by Gasteiger charge is 2.44. The predicted molar refractivity (Wildman–Crippen MR) is 176 cm³/mol. The van der Waals surface area contributed by atoms with Crippen LogP contribution >= 0.6 is 22.7 Å². The molecule has 39 heavy (non-hydrogen) atoms. The Kier molecular flexibility index (Phi) is 5.30. The molecule has 0 saturated heterocycles. The first-order chi connectivity index (χ1) is 19.4. The molecular formula is C36H24S2Si. The van der Waals surface area contributed by atoms with Crippen LogP contribution in [0.15, 0.2) is 146 Å². The third kappa shape index (κ3) is 3.34. The number of rotatable bonds is 4. The van der Waals surface area contributed by atoms with Crippen LogP contribution in [0, 0.1) is 0 Å². The van der Waals surface area contributed by atoms with Crippen molar-refractivity contribution in [2.24, 2.45) is 0 Å². The van der Waals surface area contributed by atoms with Crippen molar-refractivity contribution in [3.05, 3.63) is 146 Å². The molecule has 0 nitrogen and oxygen atoms in total. The molecule has 0 aliphatic rings. The lowest BCUT2D eigenvalue weighted by Crippen LogP contribution is -2.74. The molecule has 0 N–H and O–H groups in total. The highest BCUT2D eigenvalue weighted by molar-refractivity contribution is 7.33. The van der Waals surface area contributed by atoms with E-state index >= 15 is 0 Å². The van der Waals surface area contributed by atoms with Gasteiger partial charge in [-0.1, -0.05) is 133 Å². The summed E-state index contributed by atoms with van der Waals surface area (Å²) in [5.41, 5.74) is 0. The molecule has 0 radical (unpaired) electrons. The summed E-state index contributed by atoms with van der Waals surface area (Å²) in [6.07, 6.45) is 0. The van der Waals surface area contributed by atoms with E-state index in [1.165, 1.54) is 61.1 Å². The molecule has 2 aromatic heterocycles. The Morgan fingerprint density at radius 2 is 0.718 bits per heavy atom. The minimum absolute atomic E-state index is 1.35. The fourth-order valence-electron chi connectivity index (χ4n) is 6.40. The van der Waals surface area contributed by atoms with E-state index in [2.05, 4.69) is 146 Å². The minimum Gasteiger partial charge on any atom is -0.135 e. The highest BCUT2D eigenvalue weighted by Crippen LogP contribution is 2.36. The van der Waals surface area contributed by atoms with Crippen molar-refractivity contribution >= 4 is 91.8 Å². The van der Waals surface area contributed by atoms with Gasteiger partial charge in [-0.15, -0.1) is 22.7 Å². The van der Waals surface area contributed by atoms with Crippen molar-refractivity contribution in [1.82, 2.24) is 0 Å². The summed E-state index contributed by atoms with van der Waals surface area (Å²) in [7, 11) is -2.73. The van der Waals surface area contributed by atoms with E-state index in [9.17, 15) is 0 Å². The molecule has 0 spiro atoms. The molecule has 6 aromatic carbocycles. The van der Waals surface area contributed by atoms with Gasteiger partial charge in [0.25, 0.3) is 0 Å². The fourth-order valence-corrected chi connectivity index (χ4v) is 14.8. The normalized spacial score (nSPS) is 12.1. The van der Waals surface area contributed by atoms with Crippen LogP contribution in [0.1, 0.15) is 0 Å². The van der Waals surface area contributed by atoms with Crippen LogP contribution in [-0.2, 0) is 0 Å². The summed E-state index contributed by atoms with van der Waals surface area (Å²) in [5.74, 6) is 0. The van der Waals surface area contributed by atoms with Gasteiger partial charge >= 0.3 is 0 Å². The molecular weight excluding hydrogens is 525 g/mol. The van der Waals surface area contributed by atoms with Crippen LogP contribution in [0.25, 0.3) is 40.3 Å². The summed E-state index contributed by atoms with van der Waals surface area (Å²) >= 11 is 3.90. The number of benzene rings is 6. The number of thiophene rings is 2. The maximum absolute atomic E-state index is 2.73. The smallest absolute Gasteiger partial charge is 0.135 e. The SMILES string of the molecule is c1ccc([Si](c2ccccc2)(c2cccc3c2sc2ccccc23)c2cccc3c2sc2ccccc23)cc1. The Morgan fingerprint density at radius 1 is 0.333 bits per heavy atom. The van der Waals surface area contributed by atoms with Gasteiger partial charge in [-0.2, -0.15) is 0 Å². The fraction of sp³-hybridized carbons (Fsp3) is 0. The second kappa shape index (κ2) is 9.03. The largest absolute Gasteiger partial charge is 0.182 e. The Balaban J connectivity index is 1.61. The molecule has 8 rings (SSSR count). The van der Waals surface area contributed by atoms with Crippen LogP contribution in [0.2, 0.25) is 0 Å². The van der Waals surface area contributed by atoms with Crippen molar-refractivity contribution < 1.29 is 0 Å². The van der Waals surface area contributed by atoms with Gasteiger partial charge in [0.1, 0.15) is 0 Å². The van der Waals surface area contributed by atoms with E-state index in [-0.39, 0.29) is 0 Å². The van der Waals surface area contributed by atoms with Gasteiger partial charge in [0.15, 0.2) is 8.07 Å². The molecule has 0 saturated carbocycles. The van der Waals surface area contributed by atoms with Gasteiger partial charge < -0.3 is 0 Å². The summed E-state index contributed by atoms with van der Waals surface area (Å²) in [5, 5.41) is 11.2. The Hall–Kier alpha value is -4.02. The molecule has 2 heterocycles. The zero-order valence-electron chi connectivity index (χ0n) is 21.2. The summed E-state index contributed by atoms with van der Waals surface area (Å²) < 4.78 is 5.53. The van der Waals surface area contributed by atoms with E-state index in [0.717, 1.165) is 0 Å². The van der Waals surface area contributed by atoms with E-state index < -0.39 is 8.07 Å². The molecule has 0 bridgehead atoms. The average Bonchev–Trinajstić information content (AvgIpc) is 3.58. The van der Waals surface area contributed by atoms with Gasteiger partial charge in [0.05, 0.1) is 0 Å². The van der Waals surface area contributed by atoms with Crippen molar-refractivity contribution in [3.8, 4) is 0 Å². The summed E-state index contributed by atoms with van der Waals surface area (Å²) in [6, 6.07) is 54.5. The summed E-state index contributed by atoms with van der Waals surface area (Å²) in [4.78, 5) is 0. The van der Waals surface area contributed by atoms with Crippen molar-refractivity contribution in [3.63, 3.8) is 0 Å². The molecule has 184 valence electrons. The molecule has 8 aromatic rings. The lowest BCUT2D eigenvalue weighted by atomic mass is 10.1. The van der Waals surface area contributed by atoms with Gasteiger partial charge in [-0.05, 0) is 32.9 Å². The Bertz CT molecular complexity index is 1970. The van der Waals surface area contributed by atoms with Gasteiger partial charge in [0, 0.05) is 40.3 Å². The topological polar surface area (TPSA) is 0 Å². The van der Waals surface area contributed by atoms with Crippen LogP contribution in [-0.4, -0.2) is 8.07 Å². The van der Waals surface area contributed by atoms with Crippen LogP contribution < -0.4 is 20.7 Å². The molecule has 0 atom stereocenters. The standard InChI is InChI=1S/C36H24S2Si/c1-3-13-25(14-4-1)39(26-15-5-2-6-16-26,33-23-11-19-29-27-17-7-9-21-31(27)37-35(29)33)34-24-12-20-30-28-18-8-10-22-32(28)38-36(30)34/h1-24H. The second-order valence-electron chi connectivity index (χ2n) is 10.0. The summed E-state index contributed by atoms with van der Waals surface area (Å²) in [6.45, 7) is 0. The zero-order valence-corrected chi connectivity index (χ0v) is 23.8. The molecule has 0 aliphatic heterocycles. The quantitative estimate of drug-likeness (QED) is 0.155. The molecule has 3 heteroatoms. The monoisotopic (exact) mass is 548 g/mol. The van der Waals surface area contributed by atoms with Crippen molar-refractivity contribution in [1.29, 1.82) is 0 Å². The van der Waals surface area contributed by atoms with Gasteiger partial charge in [-0.25, -0.2) is 0 Å². The second-order valence-corrected chi connectivity index (χ2v) is 15.9. The third-order valence-electron chi connectivity index (χ3n) is 8.03. The number of hydrogen-bond acceptors (Lipinski definition) is 2. The first kappa shape index (κ1) is 22.9. The van der Waals surface area contributed by atoms with E-state index in [4.69, 9.17) is 0 Å². The maximum Gasteiger partial charge on any atom is 0.182 e. The molecule has 0 amide bonds. The minimum atomic E-state index is -2.73. The van der Waals surface area contributed by atoms with Gasteiger partial charge in [-0.3, -0.25) is 0 Å². The first-order valence-corrected chi connectivity index (χ1v) is 16.9. The predicted octanol–water partition coefficient (Wildman–Crippen LogP) is 7.80. The Morgan fingerprint density at radius 3 is 1.18 bits per heavy atom. The van der Waals surface area contributed by atoms with Crippen LogP contribution in [0.3, 0.4) is 0 Å². The first-order valence-electron chi connectivity index (χ1n) is 13.3. The number of hydrogen-bond donors (Lipinski definition) is 0. The van der Waals surface area contributed by atoms with Crippen LogP contribution in [0.5, 0.6) is 0 Å². The molecule has 0 unspecified atom stereocenters. The Labute approximate surface area is 236 Å². The van der Waals surface area contributed by atoms with Crippen LogP contribution in [0.4, 0.5) is 0 Å². The highest BCUT2D eigenvalue weighted by atomic mass is 32.1. The van der Waals surface area contributed by atoms with E-state index in [1.807, 2.05) is 22.7 Å². The van der Waals surface area contributed by atoms with E-state index in [1.54, 1.807) is 0 Å². The number of fused-ring (bicyclic) bond motifs is 6. The zero-order chi connectivity index (χ0) is 25.8.